The van der Waals surface area contributed by atoms with Crippen LogP contribution in [-0.4, -0.2) is 42.1 Å². The number of hydrogen-bond donors (Lipinski definition) is 1. The van der Waals surface area contributed by atoms with E-state index in [9.17, 15) is 9.90 Å². The van der Waals surface area contributed by atoms with Crippen molar-refractivity contribution < 1.29 is 19.3 Å². The number of nitrogens with zero attached hydrogens (tertiary/aromatic N) is 2. The fraction of sp³-hybridized carbons (Fsp3) is 0.565. The minimum absolute atomic E-state index is 0.130. The van der Waals surface area contributed by atoms with Gasteiger partial charge in [0.15, 0.2) is 11.2 Å². The van der Waals surface area contributed by atoms with Crippen LogP contribution in [0.1, 0.15) is 51.3 Å². The summed E-state index contributed by atoms with van der Waals surface area (Å²) in [6, 6.07) is 3.68. The molecule has 0 radical (unpaired) electrons. The third-order valence-corrected chi connectivity index (χ3v) is 5.51. The van der Waals surface area contributed by atoms with Gasteiger partial charge < -0.3 is 23.9 Å². The molecule has 1 unspecified atom stereocenters. The van der Waals surface area contributed by atoms with Crippen molar-refractivity contribution in [2.45, 2.75) is 52.2 Å². The van der Waals surface area contributed by atoms with Crippen LogP contribution >= 0.6 is 0 Å². The highest BCUT2D eigenvalue weighted by atomic mass is 16.5. The van der Waals surface area contributed by atoms with Gasteiger partial charge in [-0.1, -0.05) is 13.8 Å². The quantitative estimate of drug-likeness (QED) is 0.665. The Kier molecular flexibility index (Phi) is 6.53. The van der Waals surface area contributed by atoms with E-state index < -0.39 is 5.60 Å². The molecule has 0 saturated heterocycles. The van der Waals surface area contributed by atoms with Crippen molar-refractivity contribution in [2.24, 2.45) is 5.92 Å². The lowest BCUT2D eigenvalue weighted by Crippen LogP contribution is -2.31. The maximum atomic E-state index is 12.8. The molecular weight excluding hydrogens is 384 g/mol. The van der Waals surface area contributed by atoms with Gasteiger partial charge in [-0.3, -0.25) is 4.79 Å². The molecule has 1 N–H and O–H groups in total. The van der Waals surface area contributed by atoms with E-state index >= 15 is 0 Å². The lowest BCUT2D eigenvalue weighted by molar-refractivity contribution is 0.0764. The summed E-state index contributed by atoms with van der Waals surface area (Å²) in [5, 5.41) is 10.5. The lowest BCUT2D eigenvalue weighted by Gasteiger charge is -2.34. The normalized spacial score (nSPS) is 15.7. The maximum absolute atomic E-state index is 12.8. The van der Waals surface area contributed by atoms with Gasteiger partial charge in [-0.2, -0.15) is 0 Å². The van der Waals surface area contributed by atoms with Crippen molar-refractivity contribution in [3.63, 3.8) is 0 Å². The van der Waals surface area contributed by atoms with Crippen LogP contribution in [0.3, 0.4) is 0 Å². The van der Waals surface area contributed by atoms with E-state index in [2.05, 4.69) is 18.4 Å². The van der Waals surface area contributed by atoms with Crippen molar-refractivity contribution in [3.8, 4) is 23.0 Å². The molecule has 7 heteroatoms. The Hall–Kier alpha value is -2.38. The molecule has 0 saturated carbocycles. The summed E-state index contributed by atoms with van der Waals surface area (Å²) < 4.78 is 18.5. The highest BCUT2D eigenvalue weighted by molar-refractivity contribution is 5.65. The summed E-state index contributed by atoms with van der Waals surface area (Å²) in [5.74, 6) is 1.31. The van der Waals surface area contributed by atoms with E-state index in [4.69, 9.17) is 19.2 Å². The molecule has 30 heavy (non-hydrogen) atoms. The van der Waals surface area contributed by atoms with Crippen LogP contribution in [0.5, 0.6) is 11.6 Å². The Labute approximate surface area is 177 Å². The predicted octanol–water partition coefficient (Wildman–Crippen LogP) is 3.31. The first-order valence-corrected chi connectivity index (χ1v) is 10.4. The highest BCUT2D eigenvalue weighted by Gasteiger charge is 2.31. The van der Waals surface area contributed by atoms with Crippen LogP contribution in [0, 0.1) is 5.92 Å². The second kappa shape index (κ2) is 8.78. The van der Waals surface area contributed by atoms with Crippen LogP contribution in [-0.2, 0) is 16.8 Å². The third kappa shape index (κ3) is 4.37. The molecule has 1 atom stereocenters. The molecule has 2 aromatic heterocycles. The summed E-state index contributed by atoms with van der Waals surface area (Å²) >= 11 is 0. The minimum atomic E-state index is -1.22. The van der Waals surface area contributed by atoms with Crippen molar-refractivity contribution >= 4 is 0 Å². The molecule has 2 aromatic rings. The van der Waals surface area contributed by atoms with Gasteiger partial charge in [-0.15, -0.1) is 0 Å². The Morgan fingerprint density at radius 1 is 1.27 bits per heavy atom. The van der Waals surface area contributed by atoms with E-state index in [-0.39, 0.29) is 11.5 Å². The van der Waals surface area contributed by atoms with Gasteiger partial charge >= 0.3 is 0 Å². The lowest BCUT2D eigenvalue weighted by atomic mass is 9.88. The van der Waals surface area contributed by atoms with Gasteiger partial charge in [0, 0.05) is 44.0 Å². The Bertz CT molecular complexity index is 959. The summed E-state index contributed by atoms with van der Waals surface area (Å²) in [5.41, 5.74) is 1.43. The zero-order valence-corrected chi connectivity index (χ0v) is 18.7. The van der Waals surface area contributed by atoms with Crippen LogP contribution in [0.2, 0.25) is 0 Å². The largest absolute Gasteiger partial charge is 0.488 e. The molecule has 0 bridgehead atoms. The molecule has 164 valence electrons. The number of aliphatic hydroxyl groups is 1. The first-order valence-electron chi connectivity index (χ1n) is 10.4. The summed E-state index contributed by atoms with van der Waals surface area (Å²) in [7, 11) is 3.22. The van der Waals surface area contributed by atoms with Gasteiger partial charge in [0.25, 0.3) is 5.88 Å². The monoisotopic (exact) mass is 416 g/mol. The number of ether oxygens (including phenoxy) is 3. The fourth-order valence-corrected chi connectivity index (χ4v) is 3.88. The second-order valence-corrected chi connectivity index (χ2v) is 8.62. The van der Waals surface area contributed by atoms with E-state index in [1.54, 1.807) is 40.3 Å². The molecule has 3 heterocycles. The number of aromatic nitrogens is 2. The van der Waals surface area contributed by atoms with Crippen molar-refractivity contribution in [1.29, 1.82) is 0 Å². The molecule has 0 amide bonds. The molecule has 0 fully saturated rings. The number of methoxy groups -OCH3 is 2. The minimum Gasteiger partial charge on any atom is -0.488 e. The van der Waals surface area contributed by atoms with Crippen molar-refractivity contribution in [3.05, 3.63) is 39.7 Å². The summed E-state index contributed by atoms with van der Waals surface area (Å²) in [6.07, 6.45) is 3.30. The summed E-state index contributed by atoms with van der Waals surface area (Å²) in [4.78, 5) is 17.5. The average Bonchev–Trinajstić information content (AvgIpc) is 2.68. The zero-order chi connectivity index (χ0) is 22.1. The van der Waals surface area contributed by atoms with Gasteiger partial charge in [0.2, 0.25) is 0 Å². The summed E-state index contributed by atoms with van der Waals surface area (Å²) in [6.45, 7) is 8.69. The fourth-order valence-electron chi connectivity index (χ4n) is 3.88. The molecule has 3 rings (SSSR count). The molecule has 0 aromatic carbocycles. The van der Waals surface area contributed by atoms with Crippen LogP contribution in [0.4, 0.5) is 0 Å². The maximum Gasteiger partial charge on any atom is 0.257 e. The standard InChI is InChI=1S/C23H32N2O5/c1-14(2)17-10-15-11-20(30-9-7-8-28-5)22(29-6)24-21(15)18-12-19(26)16(13-25(17)18)23(3,4)27/h11-14,17,27H,7-10H2,1-6H3. The van der Waals surface area contributed by atoms with E-state index in [1.165, 1.54) is 0 Å². The Morgan fingerprint density at radius 2 is 2.00 bits per heavy atom. The van der Waals surface area contributed by atoms with Gasteiger partial charge in [-0.25, -0.2) is 4.98 Å². The van der Waals surface area contributed by atoms with Crippen molar-refractivity contribution in [1.82, 2.24) is 9.55 Å². The average molecular weight is 417 g/mol. The molecule has 0 spiro atoms. The van der Waals surface area contributed by atoms with E-state index in [1.807, 2.05) is 6.07 Å². The number of fused-ring (bicyclic) bond motifs is 3. The van der Waals surface area contributed by atoms with Gasteiger partial charge in [-0.05, 0) is 37.8 Å². The number of pyridine rings is 2. The van der Waals surface area contributed by atoms with Gasteiger partial charge in [0.05, 0.1) is 30.7 Å². The smallest absolute Gasteiger partial charge is 0.257 e. The third-order valence-electron chi connectivity index (χ3n) is 5.51. The first kappa shape index (κ1) is 22.3. The highest BCUT2D eigenvalue weighted by Crippen LogP contribution is 2.40. The Morgan fingerprint density at radius 3 is 2.60 bits per heavy atom. The number of hydrogen-bond acceptors (Lipinski definition) is 6. The molecular formula is C23H32N2O5. The van der Waals surface area contributed by atoms with Crippen LogP contribution in [0.25, 0.3) is 11.4 Å². The topological polar surface area (TPSA) is 82.8 Å². The molecule has 1 aliphatic heterocycles. The van der Waals surface area contributed by atoms with Crippen LogP contribution in [0.15, 0.2) is 23.1 Å². The first-order chi connectivity index (χ1) is 14.2. The van der Waals surface area contributed by atoms with Gasteiger partial charge in [0.1, 0.15) is 0 Å². The molecule has 0 aliphatic carbocycles. The van der Waals surface area contributed by atoms with Crippen LogP contribution < -0.4 is 14.9 Å². The molecule has 7 nitrogen and oxygen atoms in total. The SMILES string of the molecule is COCCCOc1cc2c(nc1OC)-c1cc(=O)c(C(C)(C)O)cn1C(C(C)C)C2. The molecule has 1 aliphatic rings. The second-order valence-electron chi connectivity index (χ2n) is 8.62. The number of rotatable bonds is 8. The zero-order valence-electron chi connectivity index (χ0n) is 18.7. The van der Waals surface area contributed by atoms with E-state index in [0.717, 1.165) is 24.1 Å². The predicted molar refractivity (Wildman–Crippen MR) is 115 cm³/mol. The van der Waals surface area contributed by atoms with E-state index in [0.29, 0.717) is 42.0 Å². The Balaban J connectivity index is 2.12. The van der Waals surface area contributed by atoms with Crippen molar-refractivity contribution in [2.75, 3.05) is 27.4 Å².